The summed E-state index contributed by atoms with van der Waals surface area (Å²) in [6.45, 7) is 2.69. The Labute approximate surface area is 160 Å². The molecule has 0 radical (unpaired) electrons. The predicted molar refractivity (Wildman–Crippen MR) is 106 cm³/mol. The number of aryl methyl sites for hydroxylation is 1. The van der Waals surface area contributed by atoms with Crippen LogP contribution in [0.5, 0.6) is 5.75 Å². The first-order chi connectivity index (χ1) is 12.9. The number of benzene rings is 1. The van der Waals surface area contributed by atoms with E-state index in [9.17, 15) is 9.59 Å². The third-order valence-electron chi connectivity index (χ3n) is 5.06. The summed E-state index contributed by atoms with van der Waals surface area (Å²) in [6, 6.07) is 5.94. The van der Waals surface area contributed by atoms with E-state index in [1.54, 1.807) is 7.11 Å². The summed E-state index contributed by atoms with van der Waals surface area (Å²) in [5.74, 6) is 0.0839. The quantitative estimate of drug-likeness (QED) is 0.589. The molecule has 2 N–H and O–H groups in total. The number of nitrogens with one attached hydrogen (secondary N) is 1. The predicted octanol–water partition coefficient (Wildman–Crippen LogP) is 3.58. The van der Waals surface area contributed by atoms with Crippen LogP contribution >= 0.6 is 0 Å². The zero-order valence-corrected chi connectivity index (χ0v) is 16.5. The molecule has 0 bridgehead atoms. The van der Waals surface area contributed by atoms with Crippen LogP contribution < -0.4 is 10.1 Å². The minimum Gasteiger partial charge on any atom is -0.497 e. The van der Waals surface area contributed by atoms with Crippen LogP contribution in [0.4, 0.5) is 0 Å². The fourth-order valence-electron chi connectivity index (χ4n) is 3.36. The first-order valence-corrected chi connectivity index (χ1v) is 9.54. The van der Waals surface area contributed by atoms with Gasteiger partial charge in [-0.25, -0.2) is 0 Å². The van der Waals surface area contributed by atoms with E-state index in [2.05, 4.69) is 9.88 Å². The number of nitrogens with zero attached hydrogens (tertiary/aromatic N) is 1. The number of methoxy groups -OCH3 is 1. The van der Waals surface area contributed by atoms with Crippen molar-refractivity contribution in [1.82, 2.24) is 9.88 Å². The van der Waals surface area contributed by atoms with Gasteiger partial charge in [-0.15, -0.1) is 0 Å². The molecule has 0 unspecified atom stereocenters. The van der Waals surface area contributed by atoms with E-state index in [-0.39, 0.29) is 12.3 Å². The van der Waals surface area contributed by atoms with Crippen LogP contribution in [-0.4, -0.2) is 35.2 Å². The molecule has 0 aliphatic rings. The standard InChI is InChI=1S/C21H30N2O4/c1-15-17(18-13-16(27-3)10-11-19(18)23(15)2)14-20(24)22-12-8-6-4-5-7-9-21(25)26/h10-11,13H,4-9,12,14H2,1-3H3,(H,22,24)(H,25,26). The van der Waals surface area contributed by atoms with E-state index in [1.807, 2.05) is 32.2 Å². The summed E-state index contributed by atoms with van der Waals surface area (Å²) in [4.78, 5) is 22.8. The van der Waals surface area contributed by atoms with Crippen LogP contribution in [0.25, 0.3) is 10.9 Å². The molecule has 0 fully saturated rings. The summed E-state index contributed by atoms with van der Waals surface area (Å²) in [5, 5.41) is 12.7. The molecule has 1 aromatic carbocycles. The maximum absolute atomic E-state index is 12.4. The van der Waals surface area contributed by atoms with Gasteiger partial charge in [-0.2, -0.15) is 0 Å². The Morgan fingerprint density at radius 3 is 2.56 bits per heavy atom. The molecule has 2 rings (SSSR count). The normalized spacial score (nSPS) is 10.9. The first-order valence-electron chi connectivity index (χ1n) is 9.54. The van der Waals surface area contributed by atoms with Crippen molar-refractivity contribution in [3.63, 3.8) is 0 Å². The molecule has 6 heteroatoms. The SMILES string of the molecule is COc1ccc2c(c1)c(CC(=O)NCCCCCCCC(=O)O)c(C)n2C. The molecular weight excluding hydrogens is 344 g/mol. The lowest BCUT2D eigenvalue weighted by Gasteiger charge is -2.06. The number of hydrogen-bond donors (Lipinski definition) is 2. The topological polar surface area (TPSA) is 80.6 Å². The van der Waals surface area contributed by atoms with E-state index < -0.39 is 5.97 Å². The number of hydrogen-bond acceptors (Lipinski definition) is 3. The molecule has 1 aromatic heterocycles. The smallest absolute Gasteiger partial charge is 0.303 e. The molecular formula is C21H30N2O4. The van der Waals surface area contributed by atoms with Crippen LogP contribution in [-0.2, 0) is 23.1 Å². The molecule has 0 spiro atoms. The Morgan fingerprint density at radius 2 is 1.85 bits per heavy atom. The van der Waals surface area contributed by atoms with Crippen molar-refractivity contribution in [3.05, 3.63) is 29.5 Å². The van der Waals surface area contributed by atoms with Gasteiger partial charge in [0.05, 0.1) is 13.5 Å². The van der Waals surface area contributed by atoms with Crippen LogP contribution in [0.1, 0.15) is 49.8 Å². The Hall–Kier alpha value is -2.50. The molecule has 0 saturated carbocycles. The highest BCUT2D eigenvalue weighted by molar-refractivity contribution is 5.91. The average molecular weight is 374 g/mol. The van der Waals surface area contributed by atoms with Crippen molar-refractivity contribution in [2.45, 2.75) is 51.9 Å². The monoisotopic (exact) mass is 374 g/mol. The van der Waals surface area contributed by atoms with Crippen LogP contribution in [0.3, 0.4) is 0 Å². The third-order valence-corrected chi connectivity index (χ3v) is 5.06. The van der Waals surface area contributed by atoms with E-state index in [4.69, 9.17) is 9.84 Å². The highest BCUT2D eigenvalue weighted by atomic mass is 16.5. The molecule has 0 aliphatic carbocycles. The Kier molecular flexibility index (Phi) is 7.70. The van der Waals surface area contributed by atoms with Crippen LogP contribution in [0.15, 0.2) is 18.2 Å². The average Bonchev–Trinajstić information content (AvgIpc) is 2.88. The first kappa shape index (κ1) is 20.8. The van der Waals surface area contributed by atoms with E-state index >= 15 is 0 Å². The summed E-state index contributed by atoms with van der Waals surface area (Å²) >= 11 is 0. The molecule has 0 atom stereocenters. The van der Waals surface area contributed by atoms with Gasteiger partial charge in [-0.05, 0) is 43.5 Å². The number of carbonyl (C=O) groups excluding carboxylic acids is 1. The van der Waals surface area contributed by atoms with Gasteiger partial charge in [0, 0.05) is 36.6 Å². The molecule has 6 nitrogen and oxygen atoms in total. The largest absolute Gasteiger partial charge is 0.497 e. The van der Waals surface area contributed by atoms with Gasteiger partial charge < -0.3 is 19.7 Å². The fraction of sp³-hybridized carbons (Fsp3) is 0.524. The van der Waals surface area contributed by atoms with Crippen molar-refractivity contribution in [2.24, 2.45) is 7.05 Å². The van der Waals surface area contributed by atoms with E-state index in [1.165, 1.54) is 0 Å². The number of ether oxygens (including phenoxy) is 1. The number of aliphatic carboxylic acids is 1. The Morgan fingerprint density at radius 1 is 1.15 bits per heavy atom. The molecule has 148 valence electrons. The van der Waals surface area contributed by atoms with Crippen molar-refractivity contribution < 1.29 is 19.4 Å². The van der Waals surface area contributed by atoms with Gasteiger partial charge in [-0.1, -0.05) is 19.3 Å². The lowest BCUT2D eigenvalue weighted by Crippen LogP contribution is -2.26. The second-order valence-corrected chi connectivity index (χ2v) is 6.94. The van der Waals surface area contributed by atoms with Crippen molar-refractivity contribution in [3.8, 4) is 5.75 Å². The zero-order valence-electron chi connectivity index (χ0n) is 16.5. The lowest BCUT2D eigenvalue weighted by molar-refractivity contribution is -0.137. The van der Waals surface area contributed by atoms with Gasteiger partial charge in [0.25, 0.3) is 0 Å². The molecule has 0 saturated heterocycles. The van der Waals surface area contributed by atoms with Gasteiger partial charge in [0.15, 0.2) is 0 Å². The number of fused-ring (bicyclic) bond motifs is 1. The lowest BCUT2D eigenvalue weighted by atomic mass is 10.1. The molecule has 27 heavy (non-hydrogen) atoms. The highest BCUT2D eigenvalue weighted by Gasteiger charge is 2.15. The van der Waals surface area contributed by atoms with E-state index in [0.717, 1.165) is 60.0 Å². The van der Waals surface area contributed by atoms with Gasteiger partial charge in [0.1, 0.15) is 5.75 Å². The summed E-state index contributed by atoms with van der Waals surface area (Å²) < 4.78 is 7.43. The van der Waals surface area contributed by atoms with Gasteiger partial charge in [-0.3, -0.25) is 9.59 Å². The fourth-order valence-corrected chi connectivity index (χ4v) is 3.36. The molecule has 0 aliphatic heterocycles. The zero-order chi connectivity index (χ0) is 19.8. The second-order valence-electron chi connectivity index (χ2n) is 6.94. The summed E-state index contributed by atoms with van der Waals surface area (Å²) in [5.41, 5.74) is 3.22. The number of carboxylic acid groups (broad SMARTS) is 1. The number of carboxylic acids is 1. The summed E-state index contributed by atoms with van der Waals surface area (Å²) in [6.07, 6.45) is 5.18. The molecule has 1 heterocycles. The Balaban J connectivity index is 1.82. The van der Waals surface area contributed by atoms with Crippen LogP contribution in [0, 0.1) is 6.92 Å². The number of unbranched alkanes of at least 4 members (excludes halogenated alkanes) is 4. The van der Waals surface area contributed by atoms with Gasteiger partial charge >= 0.3 is 5.97 Å². The minimum absolute atomic E-state index is 0.0271. The van der Waals surface area contributed by atoms with Crippen molar-refractivity contribution in [1.29, 1.82) is 0 Å². The van der Waals surface area contributed by atoms with Crippen LogP contribution in [0.2, 0.25) is 0 Å². The van der Waals surface area contributed by atoms with Crippen molar-refractivity contribution in [2.75, 3.05) is 13.7 Å². The van der Waals surface area contributed by atoms with Gasteiger partial charge in [0.2, 0.25) is 5.91 Å². The maximum atomic E-state index is 12.4. The molecule has 2 aromatic rings. The van der Waals surface area contributed by atoms with E-state index in [0.29, 0.717) is 13.0 Å². The molecule has 1 amide bonds. The number of carbonyl (C=O) groups is 2. The Bertz CT molecular complexity index is 795. The maximum Gasteiger partial charge on any atom is 0.303 e. The highest BCUT2D eigenvalue weighted by Crippen LogP contribution is 2.28. The number of amides is 1. The third kappa shape index (κ3) is 5.74. The minimum atomic E-state index is -0.733. The second kappa shape index (κ2) is 10.00. The number of aromatic nitrogens is 1. The van der Waals surface area contributed by atoms with Crippen molar-refractivity contribution >= 4 is 22.8 Å². The number of rotatable bonds is 11. The summed E-state index contributed by atoms with van der Waals surface area (Å²) in [7, 11) is 3.65.